The number of alkyl halides is 3. The Bertz CT molecular complexity index is 1460. The number of carbonyl (C=O) groups excluding carboxylic acids is 1. The monoisotopic (exact) mass is 508 g/mol. The summed E-state index contributed by atoms with van der Waals surface area (Å²) in [6, 6.07) is 20.1. The maximum absolute atomic E-state index is 13.7. The van der Waals surface area contributed by atoms with Gasteiger partial charge < -0.3 is 19.7 Å². The van der Waals surface area contributed by atoms with Crippen LogP contribution in [0.5, 0.6) is 5.75 Å². The molecule has 0 aliphatic rings. The number of rotatable bonds is 7. The lowest BCUT2D eigenvalue weighted by molar-refractivity contribution is -0.137. The van der Waals surface area contributed by atoms with Crippen LogP contribution in [0.15, 0.2) is 78.9 Å². The molecule has 4 aromatic rings. The molecule has 0 aliphatic carbocycles. The van der Waals surface area contributed by atoms with Crippen LogP contribution in [0.2, 0.25) is 0 Å². The summed E-state index contributed by atoms with van der Waals surface area (Å²) in [5, 5.41) is 12.2. The minimum absolute atomic E-state index is 0.0927. The van der Waals surface area contributed by atoms with Crippen molar-refractivity contribution in [2.45, 2.75) is 26.6 Å². The van der Waals surface area contributed by atoms with Crippen LogP contribution in [-0.4, -0.2) is 21.6 Å². The van der Waals surface area contributed by atoms with Crippen LogP contribution in [0.3, 0.4) is 0 Å². The number of aromatic carboxylic acids is 1. The molecule has 0 radical (unpaired) electrons. The lowest BCUT2D eigenvalue weighted by Gasteiger charge is -2.18. The van der Waals surface area contributed by atoms with Gasteiger partial charge in [-0.1, -0.05) is 30.3 Å². The molecule has 2 N–H and O–H groups in total. The molecule has 1 aromatic heterocycles. The van der Waals surface area contributed by atoms with Crippen LogP contribution in [0.25, 0.3) is 16.9 Å². The fraction of sp³-hybridized carbons (Fsp3) is 0.143. The second-order valence-corrected chi connectivity index (χ2v) is 8.43. The predicted molar refractivity (Wildman–Crippen MR) is 133 cm³/mol. The molecule has 37 heavy (non-hydrogen) atoms. The molecule has 0 unspecified atom stereocenters. The van der Waals surface area contributed by atoms with Crippen molar-refractivity contribution in [3.8, 4) is 22.7 Å². The summed E-state index contributed by atoms with van der Waals surface area (Å²) >= 11 is 0. The van der Waals surface area contributed by atoms with Gasteiger partial charge in [0.2, 0.25) is 5.91 Å². The molecule has 0 aliphatic heterocycles. The molecular formula is C28H23F3N2O4. The van der Waals surface area contributed by atoms with Gasteiger partial charge in [-0.05, 0) is 61.0 Å². The maximum atomic E-state index is 13.7. The average Bonchev–Trinajstić information content (AvgIpc) is 3.23. The van der Waals surface area contributed by atoms with E-state index in [1.54, 1.807) is 29.7 Å². The topological polar surface area (TPSA) is 80.6 Å². The summed E-state index contributed by atoms with van der Waals surface area (Å²) in [4.78, 5) is 23.4. The predicted octanol–water partition coefficient (Wildman–Crippen LogP) is 6.71. The Morgan fingerprint density at radius 3 is 2.35 bits per heavy atom. The Balaban J connectivity index is 1.87. The second-order valence-electron chi connectivity index (χ2n) is 8.43. The van der Waals surface area contributed by atoms with Gasteiger partial charge in [0.25, 0.3) is 0 Å². The standard InChI is InChI=1S/C28H23F3N2O4/c1-17-8-10-25(33(17)23-13-20(27(35)36)12-22(15-23)32-18(2)34)24-14-21(28(29,30)31)9-11-26(24)37-16-19-6-4-3-5-7-19/h3-15H,16H2,1-2H3,(H,32,34)(H,35,36). The van der Waals surface area contributed by atoms with Crippen LogP contribution in [0.1, 0.15) is 34.1 Å². The van der Waals surface area contributed by atoms with E-state index >= 15 is 0 Å². The highest BCUT2D eigenvalue weighted by molar-refractivity contribution is 5.94. The number of carbonyl (C=O) groups is 2. The zero-order chi connectivity index (χ0) is 26.7. The Kier molecular flexibility index (Phi) is 7.06. The first-order valence-electron chi connectivity index (χ1n) is 11.3. The summed E-state index contributed by atoms with van der Waals surface area (Å²) in [6.45, 7) is 3.17. The molecule has 0 atom stereocenters. The summed E-state index contributed by atoms with van der Waals surface area (Å²) in [5.41, 5.74) is 1.68. The zero-order valence-corrected chi connectivity index (χ0v) is 20.0. The normalized spacial score (nSPS) is 11.3. The van der Waals surface area contributed by atoms with Crippen molar-refractivity contribution >= 4 is 17.6 Å². The number of aryl methyl sites for hydroxylation is 1. The minimum atomic E-state index is -4.58. The smallest absolute Gasteiger partial charge is 0.416 e. The molecule has 0 spiro atoms. The third-order valence-electron chi connectivity index (χ3n) is 5.64. The average molecular weight is 508 g/mol. The lowest BCUT2D eigenvalue weighted by Crippen LogP contribution is -2.10. The number of amides is 1. The number of halogens is 3. The third-order valence-corrected chi connectivity index (χ3v) is 5.64. The van der Waals surface area contributed by atoms with Crippen molar-refractivity contribution in [1.82, 2.24) is 4.57 Å². The number of carboxylic acids is 1. The summed E-state index contributed by atoms with van der Waals surface area (Å²) in [7, 11) is 0. The number of carboxylic acid groups (broad SMARTS) is 1. The number of nitrogens with zero attached hydrogens (tertiary/aromatic N) is 1. The Hall–Kier alpha value is -4.53. The van der Waals surface area contributed by atoms with Gasteiger partial charge in [-0.15, -0.1) is 0 Å². The number of anilines is 1. The number of hydrogen-bond donors (Lipinski definition) is 2. The minimum Gasteiger partial charge on any atom is -0.488 e. The molecule has 190 valence electrons. The molecule has 1 amide bonds. The van der Waals surface area contributed by atoms with E-state index in [1.807, 2.05) is 30.3 Å². The third kappa shape index (κ3) is 5.83. The maximum Gasteiger partial charge on any atom is 0.416 e. The number of nitrogens with one attached hydrogen (secondary N) is 1. The van der Waals surface area contributed by atoms with Crippen LogP contribution in [0.4, 0.5) is 18.9 Å². The molecule has 1 heterocycles. The summed E-state index contributed by atoms with van der Waals surface area (Å²) < 4.78 is 48.6. The van der Waals surface area contributed by atoms with Crippen LogP contribution >= 0.6 is 0 Å². The van der Waals surface area contributed by atoms with Crippen LogP contribution < -0.4 is 10.1 Å². The Morgan fingerprint density at radius 2 is 1.70 bits per heavy atom. The number of aromatic nitrogens is 1. The van der Waals surface area contributed by atoms with E-state index in [1.165, 1.54) is 25.1 Å². The first-order chi connectivity index (χ1) is 17.5. The van der Waals surface area contributed by atoms with Crippen molar-refractivity contribution in [1.29, 1.82) is 0 Å². The summed E-state index contributed by atoms with van der Waals surface area (Å²) in [5.74, 6) is -1.38. The highest BCUT2D eigenvalue weighted by Gasteiger charge is 2.32. The Labute approximate surface area is 210 Å². The van der Waals surface area contributed by atoms with Crippen LogP contribution in [0, 0.1) is 6.92 Å². The number of benzene rings is 3. The van der Waals surface area contributed by atoms with E-state index in [-0.39, 0.29) is 29.2 Å². The number of hydrogen-bond acceptors (Lipinski definition) is 3. The fourth-order valence-corrected chi connectivity index (χ4v) is 4.00. The highest BCUT2D eigenvalue weighted by atomic mass is 19.4. The van der Waals surface area contributed by atoms with E-state index in [9.17, 15) is 27.9 Å². The van der Waals surface area contributed by atoms with E-state index in [0.29, 0.717) is 17.1 Å². The van der Waals surface area contributed by atoms with Crippen LogP contribution in [-0.2, 0) is 17.6 Å². The molecule has 4 rings (SSSR count). The second kappa shape index (κ2) is 10.2. The van der Waals surface area contributed by atoms with Gasteiger partial charge in [0.15, 0.2) is 0 Å². The van der Waals surface area contributed by atoms with Gasteiger partial charge in [-0.3, -0.25) is 4.79 Å². The number of ether oxygens (including phenoxy) is 1. The van der Waals surface area contributed by atoms with Gasteiger partial charge in [-0.2, -0.15) is 13.2 Å². The van der Waals surface area contributed by atoms with Gasteiger partial charge >= 0.3 is 12.1 Å². The molecular weight excluding hydrogens is 485 g/mol. The van der Waals surface area contributed by atoms with Crippen molar-refractivity contribution in [3.63, 3.8) is 0 Å². The van der Waals surface area contributed by atoms with E-state index < -0.39 is 23.6 Å². The molecule has 0 saturated carbocycles. The first kappa shape index (κ1) is 25.6. The Morgan fingerprint density at radius 1 is 0.973 bits per heavy atom. The van der Waals surface area contributed by atoms with Crippen molar-refractivity contribution < 1.29 is 32.6 Å². The molecule has 0 saturated heterocycles. The largest absolute Gasteiger partial charge is 0.488 e. The van der Waals surface area contributed by atoms with Gasteiger partial charge in [-0.25, -0.2) is 4.79 Å². The van der Waals surface area contributed by atoms with E-state index in [2.05, 4.69) is 5.32 Å². The molecule has 6 nitrogen and oxygen atoms in total. The van der Waals surface area contributed by atoms with Crippen molar-refractivity contribution in [3.05, 3.63) is 101 Å². The summed E-state index contributed by atoms with van der Waals surface area (Å²) in [6.07, 6.45) is -4.58. The van der Waals surface area contributed by atoms with E-state index in [4.69, 9.17) is 4.74 Å². The van der Waals surface area contributed by atoms with Gasteiger partial charge in [0.1, 0.15) is 12.4 Å². The van der Waals surface area contributed by atoms with Crippen molar-refractivity contribution in [2.75, 3.05) is 5.32 Å². The SMILES string of the molecule is CC(=O)Nc1cc(C(=O)O)cc(-n2c(C)ccc2-c2cc(C(F)(F)F)ccc2OCc2ccccc2)c1. The van der Waals surface area contributed by atoms with Gasteiger partial charge in [0, 0.05) is 29.6 Å². The molecule has 0 fully saturated rings. The molecule has 9 heteroatoms. The van der Waals surface area contributed by atoms with Gasteiger partial charge in [0.05, 0.1) is 16.8 Å². The first-order valence-corrected chi connectivity index (χ1v) is 11.3. The van der Waals surface area contributed by atoms with Crippen molar-refractivity contribution in [2.24, 2.45) is 0 Å². The lowest BCUT2D eigenvalue weighted by atomic mass is 10.1. The molecule has 3 aromatic carbocycles. The quantitative estimate of drug-likeness (QED) is 0.291. The molecule has 0 bridgehead atoms. The van der Waals surface area contributed by atoms with E-state index in [0.717, 1.165) is 17.7 Å². The zero-order valence-electron chi connectivity index (χ0n) is 20.0. The highest BCUT2D eigenvalue weighted by Crippen LogP contribution is 2.39. The fourth-order valence-electron chi connectivity index (χ4n) is 4.00.